The van der Waals surface area contributed by atoms with E-state index in [0.29, 0.717) is 22.9 Å². The number of nitrogens with one attached hydrogen (secondary N) is 1. The van der Waals surface area contributed by atoms with Gasteiger partial charge in [0.2, 0.25) is 11.5 Å². The van der Waals surface area contributed by atoms with Gasteiger partial charge in [0, 0.05) is 17.8 Å². The van der Waals surface area contributed by atoms with Gasteiger partial charge in [-0.2, -0.15) is 0 Å². The quantitative estimate of drug-likeness (QED) is 0.774. The van der Waals surface area contributed by atoms with Gasteiger partial charge in [-0.25, -0.2) is 4.79 Å². The summed E-state index contributed by atoms with van der Waals surface area (Å²) in [6.07, 6.45) is 1.34. The lowest BCUT2D eigenvalue weighted by atomic mass is 10.2. The van der Waals surface area contributed by atoms with E-state index in [2.05, 4.69) is 5.32 Å². The van der Waals surface area contributed by atoms with Crippen molar-refractivity contribution < 1.29 is 33.0 Å². The lowest BCUT2D eigenvalue weighted by Gasteiger charge is -2.14. The number of hydrogen-bond donors (Lipinski definition) is 1. The molecule has 24 heavy (non-hydrogen) atoms. The normalized spacial score (nSPS) is 9.96. The lowest BCUT2D eigenvalue weighted by molar-refractivity contribution is -0.119. The summed E-state index contributed by atoms with van der Waals surface area (Å²) in [6.45, 7) is -0.462. The van der Waals surface area contributed by atoms with Crippen molar-refractivity contribution in [3.05, 3.63) is 36.3 Å². The van der Waals surface area contributed by atoms with E-state index in [4.69, 9.17) is 23.4 Å². The first-order valence-electron chi connectivity index (χ1n) is 6.89. The molecule has 0 saturated heterocycles. The van der Waals surface area contributed by atoms with Gasteiger partial charge in [0.1, 0.15) is 0 Å². The first kappa shape index (κ1) is 17.2. The number of amides is 1. The average Bonchev–Trinajstić information content (AvgIpc) is 3.13. The molecule has 2 rings (SSSR count). The SMILES string of the molecule is COc1cc(NC(=O)COC(=O)c2ccco2)cc(OC)c1OC. The lowest BCUT2D eigenvalue weighted by Crippen LogP contribution is -2.20. The highest BCUT2D eigenvalue weighted by Crippen LogP contribution is 2.39. The fraction of sp³-hybridized carbons (Fsp3) is 0.250. The predicted octanol–water partition coefficient (Wildman–Crippen LogP) is 2.10. The van der Waals surface area contributed by atoms with E-state index >= 15 is 0 Å². The van der Waals surface area contributed by atoms with Gasteiger partial charge in [0.25, 0.3) is 5.91 Å². The van der Waals surface area contributed by atoms with Gasteiger partial charge in [0.15, 0.2) is 18.1 Å². The van der Waals surface area contributed by atoms with Crippen LogP contribution in [0.2, 0.25) is 0 Å². The van der Waals surface area contributed by atoms with Crippen LogP contribution in [0.3, 0.4) is 0 Å². The number of anilines is 1. The summed E-state index contributed by atoms with van der Waals surface area (Å²) in [4.78, 5) is 23.5. The third-order valence-corrected chi connectivity index (χ3v) is 3.01. The monoisotopic (exact) mass is 335 g/mol. The molecule has 0 atom stereocenters. The van der Waals surface area contributed by atoms with Gasteiger partial charge in [-0.05, 0) is 12.1 Å². The Morgan fingerprint density at radius 3 is 2.25 bits per heavy atom. The van der Waals surface area contributed by atoms with Crippen LogP contribution in [0.5, 0.6) is 17.2 Å². The molecule has 2 aromatic rings. The predicted molar refractivity (Wildman–Crippen MR) is 83.7 cm³/mol. The van der Waals surface area contributed by atoms with Crippen molar-refractivity contribution in [2.45, 2.75) is 0 Å². The third kappa shape index (κ3) is 3.97. The minimum atomic E-state index is -0.722. The smallest absolute Gasteiger partial charge is 0.374 e. The van der Waals surface area contributed by atoms with Crippen molar-refractivity contribution in [2.24, 2.45) is 0 Å². The Labute approximate surface area is 138 Å². The van der Waals surface area contributed by atoms with E-state index in [-0.39, 0.29) is 5.76 Å². The summed E-state index contributed by atoms with van der Waals surface area (Å²) in [5.41, 5.74) is 0.406. The zero-order chi connectivity index (χ0) is 17.5. The fourth-order valence-corrected chi connectivity index (χ4v) is 1.95. The van der Waals surface area contributed by atoms with Gasteiger partial charge in [-0.1, -0.05) is 0 Å². The molecule has 8 nitrogen and oxygen atoms in total. The van der Waals surface area contributed by atoms with Crippen molar-refractivity contribution in [3.8, 4) is 17.2 Å². The molecule has 1 N–H and O–H groups in total. The van der Waals surface area contributed by atoms with Gasteiger partial charge in [-0.3, -0.25) is 4.79 Å². The van der Waals surface area contributed by atoms with Crippen molar-refractivity contribution in [1.29, 1.82) is 0 Å². The Bertz CT molecular complexity index is 684. The largest absolute Gasteiger partial charge is 0.493 e. The molecule has 1 aromatic carbocycles. The van der Waals surface area contributed by atoms with Crippen molar-refractivity contribution >= 4 is 17.6 Å². The summed E-state index contributed by atoms with van der Waals surface area (Å²) >= 11 is 0. The van der Waals surface area contributed by atoms with Crippen LogP contribution in [0.1, 0.15) is 10.6 Å². The molecular weight excluding hydrogens is 318 g/mol. The van der Waals surface area contributed by atoms with Crippen LogP contribution in [0.25, 0.3) is 0 Å². The van der Waals surface area contributed by atoms with E-state index in [9.17, 15) is 9.59 Å². The molecule has 0 unspecified atom stereocenters. The summed E-state index contributed by atoms with van der Waals surface area (Å²) in [5.74, 6) is -0.0403. The number of esters is 1. The first-order valence-corrected chi connectivity index (χ1v) is 6.89. The number of hydrogen-bond acceptors (Lipinski definition) is 7. The van der Waals surface area contributed by atoms with Crippen molar-refractivity contribution in [1.82, 2.24) is 0 Å². The average molecular weight is 335 g/mol. The number of rotatable bonds is 7. The first-order chi connectivity index (χ1) is 11.6. The molecule has 0 aliphatic heterocycles. The molecule has 0 radical (unpaired) electrons. The Balaban J connectivity index is 2.02. The Hall–Kier alpha value is -3.16. The maximum Gasteiger partial charge on any atom is 0.374 e. The summed E-state index contributed by atoms with van der Waals surface area (Å²) in [7, 11) is 4.41. The van der Waals surface area contributed by atoms with Crippen molar-refractivity contribution in [3.63, 3.8) is 0 Å². The fourth-order valence-electron chi connectivity index (χ4n) is 1.95. The van der Waals surface area contributed by atoms with Crippen molar-refractivity contribution in [2.75, 3.05) is 33.3 Å². The van der Waals surface area contributed by atoms with Crippen LogP contribution in [-0.4, -0.2) is 39.8 Å². The maximum atomic E-state index is 11.9. The highest BCUT2D eigenvalue weighted by atomic mass is 16.5. The molecule has 0 spiro atoms. The summed E-state index contributed by atoms with van der Waals surface area (Å²) in [6, 6.07) is 6.12. The number of furan rings is 1. The number of ether oxygens (including phenoxy) is 4. The molecule has 0 fully saturated rings. The van der Waals surface area contributed by atoms with E-state index in [1.54, 1.807) is 18.2 Å². The van der Waals surface area contributed by atoms with E-state index in [1.165, 1.54) is 33.7 Å². The highest BCUT2D eigenvalue weighted by molar-refractivity contribution is 5.95. The molecule has 8 heteroatoms. The van der Waals surface area contributed by atoms with Gasteiger partial charge in [-0.15, -0.1) is 0 Å². The summed E-state index contributed by atoms with van der Waals surface area (Å²) in [5, 5.41) is 2.58. The van der Waals surface area contributed by atoms with Gasteiger partial charge >= 0.3 is 5.97 Å². The molecule has 0 aliphatic carbocycles. The standard InChI is InChI=1S/C16H17NO7/c1-20-12-7-10(8-13(21-2)15(12)22-3)17-14(18)9-24-16(19)11-5-4-6-23-11/h4-8H,9H2,1-3H3,(H,17,18). The second-order valence-electron chi connectivity index (χ2n) is 4.52. The van der Waals surface area contributed by atoms with E-state index < -0.39 is 18.5 Å². The van der Waals surface area contributed by atoms with Crippen LogP contribution in [0.4, 0.5) is 5.69 Å². The highest BCUT2D eigenvalue weighted by Gasteiger charge is 2.16. The minimum absolute atomic E-state index is 0.0237. The number of carbonyl (C=O) groups excluding carboxylic acids is 2. The Morgan fingerprint density at radius 2 is 1.75 bits per heavy atom. The summed E-state index contributed by atoms with van der Waals surface area (Å²) < 4.78 is 25.3. The zero-order valence-corrected chi connectivity index (χ0v) is 13.5. The second-order valence-corrected chi connectivity index (χ2v) is 4.52. The minimum Gasteiger partial charge on any atom is -0.493 e. The zero-order valence-electron chi connectivity index (χ0n) is 13.5. The van der Waals surface area contributed by atoms with Gasteiger partial charge in [0.05, 0.1) is 27.6 Å². The molecule has 1 heterocycles. The van der Waals surface area contributed by atoms with Crippen LogP contribution < -0.4 is 19.5 Å². The van der Waals surface area contributed by atoms with Gasteiger partial charge < -0.3 is 28.7 Å². The number of benzene rings is 1. The van der Waals surface area contributed by atoms with Crippen LogP contribution in [0.15, 0.2) is 34.9 Å². The molecule has 128 valence electrons. The number of methoxy groups -OCH3 is 3. The van der Waals surface area contributed by atoms with Crippen LogP contribution in [0, 0.1) is 0 Å². The molecule has 1 aromatic heterocycles. The van der Waals surface area contributed by atoms with Crippen LogP contribution >= 0.6 is 0 Å². The van der Waals surface area contributed by atoms with E-state index in [0.717, 1.165) is 0 Å². The van der Waals surface area contributed by atoms with Crippen LogP contribution in [-0.2, 0) is 9.53 Å². The third-order valence-electron chi connectivity index (χ3n) is 3.01. The molecular formula is C16H17NO7. The Morgan fingerprint density at radius 1 is 1.08 bits per heavy atom. The maximum absolute atomic E-state index is 11.9. The second kappa shape index (κ2) is 7.91. The molecule has 0 bridgehead atoms. The van der Waals surface area contributed by atoms with E-state index in [1.807, 2.05) is 0 Å². The molecule has 1 amide bonds. The topological polar surface area (TPSA) is 96.2 Å². The Kier molecular flexibility index (Phi) is 5.67. The molecule has 0 aliphatic rings. The molecule has 0 saturated carbocycles. The number of carbonyl (C=O) groups is 2.